The minimum atomic E-state index is -1.09. The van der Waals surface area contributed by atoms with Gasteiger partial charge in [-0.25, -0.2) is 0 Å². The van der Waals surface area contributed by atoms with Gasteiger partial charge in [-0.15, -0.1) is 0 Å². The molecular formula is C30H37N3O3S2. The third-order valence-electron chi connectivity index (χ3n) is 7.71. The molecule has 0 radical (unpaired) electrons. The first-order valence-corrected chi connectivity index (χ1v) is 14.0. The number of carbonyl (C=O) groups is 2. The zero-order valence-electron chi connectivity index (χ0n) is 23.5. The van der Waals surface area contributed by atoms with E-state index in [-0.39, 0.29) is 21.1 Å². The number of carboxylic acid groups (broad SMARTS) is 1. The Labute approximate surface area is 235 Å². The maximum atomic E-state index is 12.9. The summed E-state index contributed by atoms with van der Waals surface area (Å²) in [7, 11) is 8.24. The zero-order valence-corrected chi connectivity index (χ0v) is 25.1. The predicted octanol–water partition coefficient (Wildman–Crippen LogP) is 6.12. The largest absolute Gasteiger partial charge is 0.480 e. The lowest BCUT2D eigenvalue weighted by atomic mass is 9.62. The molecule has 4 rings (SSSR count). The number of nitrogens with zero attached hydrogens (tertiary/aromatic N) is 3. The Kier molecular flexibility index (Phi) is 7.45. The molecule has 1 aliphatic heterocycles. The number of benzene rings is 2. The normalized spacial score (nSPS) is 19.1. The van der Waals surface area contributed by atoms with Gasteiger partial charge in [-0.2, -0.15) is 0 Å². The number of amides is 1. The molecule has 1 fully saturated rings. The maximum Gasteiger partial charge on any atom is 0.323 e. The molecule has 6 nitrogen and oxygen atoms in total. The van der Waals surface area contributed by atoms with Crippen molar-refractivity contribution in [3.8, 4) is 11.1 Å². The molecule has 0 aromatic heterocycles. The molecule has 38 heavy (non-hydrogen) atoms. The Bertz CT molecular complexity index is 1360. The minimum Gasteiger partial charge on any atom is -0.480 e. The summed E-state index contributed by atoms with van der Waals surface area (Å²) >= 11 is 6.42. The highest BCUT2D eigenvalue weighted by molar-refractivity contribution is 8.26. The first-order chi connectivity index (χ1) is 17.6. The number of anilines is 2. The molecule has 0 atom stereocenters. The molecule has 202 valence electrons. The molecule has 8 heteroatoms. The van der Waals surface area contributed by atoms with Crippen LogP contribution in [-0.4, -0.2) is 60.9 Å². The van der Waals surface area contributed by atoms with Gasteiger partial charge in [0.05, 0.1) is 4.91 Å². The fourth-order valence-electron chi connectivity index (χ4n) is 5.36. The van der Waals surface area contributed by atoms with E-state index in [4.69, 9.17) is 17.3 Å². The molecule has 0 saturated carbocycles. The summed E-state index contributed by atoms with van der Waals surface area (Å²) in [5.41, 5.74) is 8.29. The van der Waals surface area contributed by atoms with Crippen molar-refractivity contribution in [1.82, 2.24) is 4.90 Å². The number of hydrogen-bond donors (Lipinski definition) is 1. The van der Waals surface area contributed by atoms with Crippen molar-refractivity contribution in [2.24, 2.45) is 0 Å². The summed E-state index contributed by atoms with van der Waals surface area (Å²) in [6.07, 6.45) is 4.09. The molecule has 0 spiro atoms. The Morgan fingerprint density at radius 1 is 0.974 bits per heavy atom. The lowest BCUT2D eigenvalue weighted by Gasteiger charge is -2.43. The molecule has 2 aromatic rings. The number of rotatable bonds is 6. The number of carbonyl (C=O) groups excluding carboxylic acids is 1. The molecule has 1 amide bonds. The van der Waals surface area contributed by atoms with Crippen LogP contribution in [0.2, 0.25) is 0 Å². The second-order valence-corrected chi connectivity index (χ2v) is 13.6. The van der Waals surface area contributed by atoms with Crippen molar-refractivity contribution in [2.45, 2.75) is 51.4 Å². The van der Waals surface area contributed by atoms with Crippen LogP contribution in [0, 0.1) is 0 Å². The first-order valence-electron chi connectivity index (χ1n) is 12.8. The number of aliphatic carboxylic acids is 1. The maximum absolute atomic E-state index is 12.9. The molecule has 1 N–H and O–H groups in total. The molecule has 0 bridgehead atoms. The first kappa shape index (κ1) is 28.2. The lowest BCUT2D eigenvalue weighted by Crippen LogP contribution is -2.34. The van der Waals surface area contributed by atoms with E-state index in [0.29, 0.717) is 4.91 Å². The summed E-state index contributed by atoms with van der Waals surface area (Å²) in [5, 5.41) is 9.16. The van der Waals surface area contributed by atoms with E-state index >= 15 is 0 Å². The number of carboxylic acids is 1. The van der Waals surface area contributed by atoms with Crippen molar-refractivity contribution in [3.05, 3.63) is 51.9 Å². The topological polar surface area (TPSA) is 64.1 Å². The van der Waals surface area contributed by atoms with Gasteiger partial charge >= 0.3 is 5.97 Å². The number of thioether (sulfide) groups is 1. The third-order valence-corrected chi connectivity index (χ3v) is 9.09. The standard InChI is InChI=1S/C30H37N3O3S2/c1-29(2)11-12-30(3,4)22-16-24(32(7)8)20(15-21(22)29)19-13-18(9-10-23(19)31(5)6)14-25-27(36)33(17-26(34)35)28(37)38-25/h9-10,13-16H,11-12,17H2,1-8H3,(H,34,35)/b25-14-. The Balaban J connectivity index is 1.90. The van der Waals surface area contributed by atoms with Gasteiger partial charge in [0.25, 0.3) is 5.91 Å². The van der Waals surface area contributed by atoms with E-state index in [1.54, 1.807) is 0 Å². The molecule has 0 unspecified atom stereocenters. The summed E-state index contributed by atoms with van der Waals surface area (Å²) in [4.78, 5) is 30.0. The van der Waals surface area contributed by atoms with E-state index in [1.807, 2.05) is 26.2 Å². The highest BCUT2D eigenvalue weighted by atomic mass is 32.2. The molecule has 1 heterocycles. The van der Waals surface area contributed by atoms with E-state index in [2.05, 4.69) is 75.9 Å². The van der Waals surface area contributed by atoms with Crippen molar-refractivity contribution in [3.63, 3.8) is 0 Å². The average molecular weight is 552 g/mol. The fraction of sp³-hybridized carbons (Fsp3) is 0.433. The monoisotopic (exact) mass is 551 g/mol. The van der Waals surface area contributed by atoms with Crippen LogP contribution in [0.3, 0.4) is 0 Å². The van der Waals surface area contributed by atoms with Crippen LogP contribution >= 0.6 is 24.0 Å². The van der Waals surface area contributed by atoms with Gasteiger partial charge < -0.3 is 14.9 Å². The third kappa shape index (κ3) is 5.21. The van der Waals surface area contributed by atoms with Crippen LogP contribution in [0.4, 0.5) is 11.4 Å². The van der Waals surface area contributed by atoms with Crippen molar-refractivity contribution in [1.29, 1.82) is 0 Å². The Morgan fingerprint density at radius 2 is 1.53 bits per heavy atom. The lowest BCUT2D eigenvalue weighted by molar-refractivity contribution is -0.140. The van der Waals surface area contributed by atoms with Gasteiger partial charge in [0.2, 0.25) is 0 Å². The number of thiocarbonyl (C=S) groups is 1. The van der Waals surface area contributed by atoms with Gasteiger partial charge in [0.15, 0.2) is 0 Å². The van der Waals surface area contributed by atoms with Crippen molar-refractivity contribution < 1.29 is 14.7 Å². The minimum absolute atomic E-state index is 0.0680. The summed E-state index contributed by atoms with van der Waals surface area (Å²) < 4.78 is 0.267. The summed E-state index contributed by atoms with van der Waals surface area (Å²) in [5.74, 6) is -1.46. The number of hydrogen-bond acceptors (Lipinski definition) is 6. The quantitative estimate of drug-likeness (QED) is 0.343. The molecule has 2 aliphatic rings. The van der Waals surface area contributed by atoms with E-state index in [1.165, 1.54) is 11.1 Å². The highest BCUT2D eigenvalue weighted by Crippen LogP contribution is 2.50. The SMILES string of the molecule is CN(C)c1ccc(/C=C2\SC(=S)N(CC(=O)O)C2=O)cc1-c1cc2c(cc1N(C)C)C(C)(C)CCC2(C)C. The average Bonchev–Trinajstić information content (AvgIpc) is 3.08. The Hall–Kier alpha value is -2.84. The van der Waals surface area contributed by atoms with Crippen molar-refractivity contribution in [2.75, 3.05) is 44.5 Å². The van der Waals surface area contributed by atoms with Gasteiger partial charge in [0.1, 0.15) is 10.9 Å². The molecule has 2 aromatic carbocycles. The van der Waals surface area contributed by atoms with Crippen LogP contribution in [0.15, 0.2) is 35.2 Å². The summed E-state index contributed by atoms with van der Waals surface area (Å²) in [6, 6.07) is 10.9. The van der Waals surface area contributed by atoms with Crippen LogP contribution in [0.25, 0.3) is 17.2 Å². The van der Waals surface area contributed by atoms with Crippen LogP contribution < -0.4 is 9.80 Å². The predicted molar refractivity (Wildman–Crippen MR) is 163 cm³/mol. The van der Waals surface area contributed by atoms with Gasteiger partial charge in [-0.05, 0) is 70.7 Å². The van der Waals surface area contributed by atoms with Crippen LogP contribution in [0.1, 0.15) is 57.2 Å². The molecule has 1 saturated heterocycles. The van der Waals surface area contributed by atoms with E-state index in [9.17, 15) is 9.59 Å². The summed E-state index contributed by atoms with van der Waals surface area (Å²) in [6.45, 7) is 8.92. The number of fused-ring (bicyclic) bond motifs is 1. The molecule has 1 aliphatic carbocycles. The highest BCUT2D eigenvalue weighted by Gasteiger charge is 2.38. The Morgan fingerprint density at radius 3 is 2.08 bits per heavy atom. The van der Waals surface area contributed by atoms with Crippen LogP contribution in [-0.2, 0) is 20.4 Å². The van der Waals surface area contributed by atoms with E-state index in [0.717, 1.165) is 57.6 Å². The zero-order chi connectivity index (χ0) is 28.2. The van der Waals surface area contributed by atoms with Gasteiger partial charge in [-0.1, -0.05) is 57.7 Å². The van der Waals surface area contributed by atoms with E-state index < -0.39 is 12.5 Å². The fourth-order valence-corrected chi connectivity index (χ4v) is 6.62. The van der Waals surface area contributed by atoms with Crippen molar-refractivity contribution >= 4 is 57.6 Å². The molecular weight excluding hydrogens is 514 g/mol. The van der Waals surface area contributed by atoms with Gasteiger partial charge in [0, 0.05) is 50.7 Å². The van der Waals surface area contributed by atoms with Gasteiger partial charge in [-0.3, -0.25) is 14.5 Å². The van der Waals surface area contributed by atoms with Crippen LogP contribution in [0.5, 0.6) is 0 Å². The smallest absolute Gasteiger partial charge is 0.323 e. The second-order valence-electron chi connectivity index (χ2n) is 11.9. The second kappa shape index (κ2) is 10.0.